The van der Waals surface area contributed by atoms with Crippen LogP contribution >= 0.6 is 0 Å². The van der Waals surface area contributed by atoms with Crippen LogP contribution in [-0.2, 0) is 0 Å². The Balaban J connectivity index is 2.82. The fraction of sp³-hybridized carbons (Fsp3) is 0.417. The van der Waals surface area contributed by atoms with Gasteiger partial charge in [0.25, 0.3) is 5.91 Å². The highest BCUT2D eigenvalue weighted by Gasteiger charge is 2.20. The Morgan fingerprint density at radius 3 is 2.44 bits per heavy atom. The maximum atomic E-state index is 13.3. The maximum Gasteiger partial charge on any atom is 0.254 e. The summed E-state index contributed by atoms with van der Waals surface area (Å²) in [6.45, 7) is 3.46. The summed E-state index contributed by atoms with van der Waals surface area (Å²) in [6.07, 6.45) is 0.497. The molecular formula is C12H15F3N2O. The zero-order valence-corrected chi connectivity index (χ0v) is 10.1. The van der Waals surface area contributed by atoms with Gasteiger partial charge < -0.3 is 11.1 Å². The lowest BCUT2D eigenvalue weighted by atomic mass is 10.1. The third-order valence-corrected chi connectivity index (χ3v) is 2.38. The average Bonchev–Trinajstić information content (AvgIpc) is 2.24. The van der Waals surface area contributed by atoms with Gasteiger partial charge in [0.15, 0.2) is 17.5 Å². The second-order valence-electron chi connectivity index (χ2n) is 4.31. The Hall–Kier alpha value is -1.56. The molecule has 6 heteroatoms. The van der Waals surface area contributed by atoms with Crippen molar-refractivity contribution in [3.63, 3.8) is 0 Å². The van der Waals surface area contributed by atoms with Crippen molar-refractivity contribution in [1.29, 1.82) is 0 Å². The molecule has 0 saturated carbocycles. The van der Waals surface area contributed by atoms with E-state index in [1.165, 1.54) is 0 Å². The number of amides is 1. The van der Waals surface area contributed by atoms with Crippen LogP contribution in [0.4, 0.5) is 13.2 Å². The van der Waals surface area contributed by atoms with E-state index < -0.39 is 28.9 Å². The number of carbonyl (C=O) groups excluding carboxylic acids is 1. The average molecular weight is 260 g/mol. The molecule has 0 aliphatic rings. The van der Waals surface area contributed by atoms with Crippen LogP contribution in [0, 0.1) is 17.5 Å². The van der Waals surface area contributed by atoms with Gasteiger partial charge in [0, 0.05) is 12.1 Å². The van der Waals surface area contributed by atoms with Gasteiger partial charge in [0.1, 0.15) is 0 Å². The van der Waals surface area contributed by atoms with Crippen LogP contribution in [0.25, 0.3) is 0 Å². The molecule has 0 bridgehead atoms. The Morgan fingerprint density at radius 2 is 1.89 bits per heavy atom. The molecule has 1 aromatic rings. The monoisotopic (exact) mass is 260 g/mol. The number of hydrogen-bond acceptors (Lipinski definition) is 2. The minimum atomic E-state index is -1.65. The Kier molecular flexibility index (Phi) is 4.72. The van der Waals surface area contributed by atoms with E-state index in [0.717, 1.165) is 6.07 Å². The van der Waals surface area contributed by atoms with Gasteiger partial charge in [0.05, 0.1) is 5.56 Å². The molecule has 0 aliphatic heterocycles. The Bertz CT molecular complexity index is 449. The van der Waals surface area contributed by atoms with Crippen LogP contribution in [0.2, 0.25) is 0 Å². The van der Waals surface area contributed by atoms with Gasteiger partial charge in [-0.15, -0.1) is 0 Å². The third kappa shape index (κ3) is 3.46. The van der Waals surface area contributed by atoms with E-state index in [9.17, 15) is 18.0 Å². The van der Waals surface area contributed by atoms with Crippen molar-refractivity contribution < 1.29 is 18.0 Å². The largest absolute Gasteiger partial charge is 0.349 e. The van der Waals surface area contributed by atoms with Crippen molar-refractivity contribution in [3.05, 3.63) is 35.1 Å². The summed E-state index contributed by atoms with van der Waals surface area (Å²) in [4.78, 5) is 11.6. The van der Waals surface area contributed by atoms with Gasteiger partial charge in [-0.3, -0.25) is 4.79 Å². The predicted octanol–water partition coefficient (Wildman–Crippen LogP) is 1.96. The van der Waals surface area contributed by atoms with Crippen molar-refractivity contribution >= 4 is 5.91 Å². The fourth-order valence-corrected chi connectivity index (χ4v) is 1.62. The van der Waals surface area contributed by atoms with E-state index in [4.69, 9.17) is 5.73 Å². The van der Waals surface area contributed by atoms with Crippen LogP contribution in [0.5, 0.6) is 0 Å². The zero-order valence-electron chi connectivity index (χ0n) is 10.1. The van der Waals surface area contributed by atoms with E-state index in [1.54, 1.807) is 13.8 Å². The molecule has 2 atom stereocenters. The first-order chi connectivity index (χ1) is 8.32. The lowest BCUT2D eigenvalue weighted by Gasteiger charge is -2.16. The van der Waals surface area contributed by atoms with Crippen LogP contribution in [-0.4, -0.2) is 18.0 Å². The molecule has 2 unspecified atom stereocenters. The summed E-state index contributed by atoms with van der Waals surface area (Å²) in [5.41, 5.74) is 5.02. The molecule has 0 saturated heterocycles. The summed E-state index contributed by atoms with van der Waals surface area (Å²) >= 11 is 0. The Labute approximate surface area is 103 Å². The summed E-state index contributed by atoms with van der Waals surface area (Å²) in [6, 6.07) is 1.20. The normalized spacial score (nSPS) is 14.1. The predicted molar refractivity (Wildman–Crippen MR) is 61.5 cm³/mol. The van der Waals surface area contributed by atoms with Crippen molar-refractivity contribution in [2.45, 2.75) is 32.4 Å². The highest BCUT2D eigenvalue weighted by atomic mass is 19.2. The number of carbonyl (C=O) groups is 1. The fourth-order valence-electron chi connectivity index (χ4n) is 1.62. The van der Waals surface area contributed by atoms with Crippen LogP contribution < -0.4 is 11.1 Å². The minimum Gasteiger partial charge on any atom is -0.349 e. The van der Waals surface area contributed by atoms with E-state index in [0.29, 0.717) is 12.5 Å². The summed E-state index contributed by atoms with van der Waals surface area (Å²) in [5.74, 6) is -5.25. The van der Waals surface area contributed by atoms with Gasteiger partial charge in [-0.25, -0.2) is 13.2 Å². The van der Waals surface area contributed by atoms with Crippen LogP contribution in [0.1, 0.15) is 30.6 Å². The van der Waals surface area contributed by atoms with Gasteiger partial charge in [-0.1, -0.05) is 0 Å². The summed E-state index contributed by atoms with van der Waals surface area (Å²) in [5, 5.41) is 2.47. The molecule has 0 aromatic heterocycles. The highest BCUT2D eigenvalue weighted by Crippen LogP contribution is 2.15. The zero-order chi connectivity index (χ0) is 13.9. The van der Waals surface area contributed by atoms with Crippen molar-refractivity contribution in [1.82, 2.24) is 5.32 Å². The third-order valence-electron chi connectivity index (χ3n) is 2.38. The molecule has 0 heterocycles. The molecule has 100 valence electrons. The molecule has 0 spiro atoms. The van der Waals surface area contributed by atoms with Crippen LogP contribution in [0.15, 0.2) is 12.1 Å². The van der Waals surface area contributed by atoms with E-state index >= 15 is 0 Å². The topological polar surface area (TPSA) is 55.1 Å². The number of benzene rings is 1. The quantitative estimate of drug-likeness (QED) is 0.813. The van der Waals surface area contributed by atoms with Crippen molar-refractivity contribution in [2.24, 2.45) is 5.73 Å². The molecule has 18 heavy (non-hydrogen) atoms. The first-order valence-corrected chi connectivity index (χ1v) is 5.52. The number of hydrogen-bond donors (Lipinski definition) is 2. The molecule has 1 amide bonds. The lowest BCUT2D eigenvalue weighted by molar-refractivity contribution is 0.0932. The van der Waals surface area contributed by atoms with E-state index in [-0.39, 0.29) is 12.1 Å². The molecular weight excluding hydrogens is 245 g/mol. The SMILES string of the molecule is CC(N)CC(C)NC(=O)c1ccc(F)c(F)c1F. The molecule has 0 fully saturated rings. The van der Waals surface area contributed by atoms with Gasteiger partial charge in [-0.2, -0.15) is 0 Å². The number of halogens is 3. The Morgan fingerprint density at radius 1 is 1.28 bits per heavy atom. The standard InChI is InChI=1S/C12H15F3N2O/c1-6(16)5-7(2)17-12(18)8-3-4-9(13)11(15)10(8)14/h3-4,6-7H,5,16H2,1-2H3,(H,17,18). The lowest BCUT2D eigenvalue weighted by Crippen LogP contribution is -2.37. The van der Waals surface area contributed by atoms with Crippen molar-refractivity contribution in [2.75, 3.05) is 0 Å². The second kappa shape index (κ2) is 5.86. The summed E-state index contributed by atoms with van der Waals surface area (Å²) < 4.78 is 39.0. The molecule has 3 N–H and O–H groups in total. The molecule has 3 nitrogen and oxygen atoms in total. The van der Waals surface area contributed by atoms with E-state index in [1.807, 2.05) is 0 Å². The number of nitrogens with one attached hydrogen (secondary N) is 1. The first kappa shape index (κ1) is 14.5. The van der Waals surface area contributed by atoms with Crippen LogP contribution in [0.3, 0.4) is 0 Å². The minimum absolute atomic E-state index is 0.130. The van der Waals surface area contributed by atoms with Gasteiger partial charge in [-0.05, 0) is 32.4 Å². The highest BCUT2D eigenvalue weighted by molar-refractivity contribution is 5.94. The summed E-state index contributed by atoms with van der Waals surface area (Å²) in [7, 11) is 0. The smallest absolute Gasteiger partial charge is 0.254 e. The second-order valence-corrected chi connectivity index (χ2v) is 4.31. The van der Waals surface area contributed by atoms with Gasteiger partial charge >= 0.3 is 0 Å². The first-order valence-electron chi connectivity index (χ1n) is 5.52. The number of nitrogens with two attached hydrogens (primary N) is 1. The van der Waals surface area contributed by atoms with E-state index in [2.05, 4.69) is 5.32 Å². The van der Waals surface area contributed by atoms with Gasteiger partial charge in [0.2, 0.25) is 0 Å². The molecule has 1 rings (SSSR count). The maximum absolute atomic E-state index is 13.3. The van der Waals surface area contributed by atoms with Crippen molar-refractivity contribution in [3.8, 4) is 0 Å². The molecule has 0 radical (unpaired) electrons. The molecule has 0 aliphatic carbocycles. The molecule has 1 aromatic carbocycles. The number of rotatable bonds is 4.